The first-order chi connectivity index (χ1) is 6.63. The summed E-state index contributed by atoms with van der Waals surface area (Å²) in [5.41, 5.74) is 2.39. The fourth-order valence-corrected chi connectivity index (χ4v) is 2.57. The highest BCUT2D eigenvalue weighted by Gasteiger charge is 2.37. The normalized spacial score (nSPS) is 30.8. The molecule has 2 rings (SSSR count). The van der Waals surface area contributed by atoms with E-state index in [0.717, 1.165) is 5.56 Å². The zero-order valence-corrected chi connectivity index (χ0v) is 8.94. The van der Waals surface area contributed by atoms with Gasteiger partial charge in [-0.05, 0) is 31.1 Å². The van der Waals surface area contributed by atoms with E-state index in [2.05, 4.69) is 17.9 Å². The average molecular weight is 191 g/mol. The molecule has 1 aliphatic carbocycles. The predicted octanol–water partition coefficient (Wildman–Crippen LogP) is 1.77. The van der Waals surface area contributed by atoms with Crippen molar-refractivity contribution in [2.45, 2.75) is 25.0 Å². The molecule has 14 heavy (non-hydrogen) atoms. The van der Waals surface area contributed by atoms with E-state index < -0.39 is 0 Å². The first-order valence-corrected chi connectivity index (χ1v) is 5.06. The molecule has 1 aliphatic rings. The Morgan fingerprint density at radius 1 is 1.14 bits per heavy atom. The van der Waals surface area contributed by atoms with Crippen LogP contribution in [0.3, 0.4) is 0 Å². The molecular weight excluding hydrogens is 174 g/mol. The van der Waals surface area contributed by atoms with Gasteiger partial charge in [-0.25, -0.2) is 0 Å². The summed E-state index contributed by atoms with van der Waals surface area (Å²) in [5, 5.41) is 10.1. The quantitative estimate of drug-likeness (QED) is 0.731. The number of aliphatic hydroxyl groups excluding tert-OH is 1. The van der Waals surface area contributed by atoms with Crippen molar-refractivity contribution in [3.05, 3.63) is 35.4 Å². The second-order valence-electron chi connectivity index (χ2n) is 4.32. The maximum absolute atomic E-state index is 10.1. The van der Waals surface area contributed by atoms with Crippen LogP contribution in [0.4, 0.5) is 0 Å². The van der Waals surface area contributed by atoms with Gasteiger partial charge in [-0.3, -0.25) is 0 Å². The Labute approximate surface area is 85.2 Å². The monoisotopic (exact) mass is 191 g/mol. The molecule has 0 amide bonds. The van der Waals surface area contributed by atoms with Crippen LogP contribution >= 0.6 is 0 Å². The van der Waals surface area contributed by atoms with Crippen molar-refractivity contribution in [1.82, 2.24) is 4.90 Å². The van der Waals surface area contributed by atoms with E-state index in [0.29, 0.717) is 5.92 Å². The summed E-state index contributed by atoms with van der Waals surface area (Å²) in [6.07, 6.45) is -0.337. The molecule has 0 radical (unpaired) electrons. The van der Waals surface area contributed by atoms with Crippen molar-refractivity contribution < 1.29 is 5.11 Å². The molecule has 2 heteroatoms. The Morgan fingerprint density at radius 2 is 1.71 bits per heavy atom. The van der Waals surface area contributed by atoms with Gasteiger partial charge in [0.1, 0.15) is 0 Å². The minimum Gasteiger partial charge on any atom is -0.387 e. The molecule has 0 bridgehead atoms. The lowest BCUT2D eigenvalue weighted by atomic mass is 10.00. The third kappa shape index (κ3) is 1.26. The Morgan fingerprint density at radius 3 is 2.21 bits per heavy atom. The Hall–Kier alpha value is -0.860. The van der Waals surface area contributed by atoms with Crippen LogP contribution in [-0.4, -0.2) is 30.1 Å². The van der Waals surface area contributed by atoms with Gasteiger partial charge < -0.3 is 10.0 Å². The highest BCUT2D eigenvalue weighted by atomic mass is 16.3. The lowest BCUT2D eigenvalue weighted by Crippen LogP contribution is -2.33. The van der Waals surface area contributed by atoms with E-state index in [9.17, 15) is 5.11 Å². The zero-order valence-electron chi connectivity index (χ0n) is 8.94. The molecule has 0 saturated carbocycles. The van der Waals surface area contributed by atoms with Crippen molar-refractivity contribution in [3.63, 3.8) is 0 Å². The van der Waals surface area contributed by atoms with E-state index in [1.807, 2.05) is 32.3 Å². The highest BCUT2D eigenvalue weighted by molar-refractivity contribution is 5.39. The second kappa shape index (κ2) is 3.37. The predicted molar refractivity (Wildman–Crippen MR) is 57.3 cm³/mol. The van der Waals surface area contributed by atoms with Crippen LogP contribution in [0.2, 0.25) is 0 Å². The van der Waals surface area contributed by atoms with Crippen LogP contribution in [0.5, 0.6) is 0 Å². The fourth-order valence-electron chi connectivity index (χ4n) is 2.57. The first-order valence-electron chi connectivity index (χ1n) is 5.06. The average Bonchev–Trinajstić information content (AvgIpc) is 2.41. The highest BCUT2D eigenvalue weighted by Crippen LogP contribution is 2.41. The molecule has 1 N–H and O–H groups in total. The standard InChI is InChI=1S/C12H17NO/c1-8-9-6-4-5-7-10(9)12(14)11(8)13(2)3/h4-8,11-12,14H,1-3H3. The molecule has 2 nitrogen and oxygen atoms in total. The topological polar surface area (TPSA) is 23.5 Å². The third-order valence-electron chi connectivity index (χ3n) is 3.24. The maximum Gasteiger partial charge on any atom is 0.0953 e. The summed E-state index contributed by atoms with van der Waals surface area (Å²) >= 11 is 0. The molecule has 0 aliphatic heterocycles. The second-order valence-corrected chi connectivity index (χ2v) is 4.32. The van der Waals surface area contributed by atoms with Gasteiger partial charge in [0.05, 0.1) is 6.10 Å². The lowest BCUT2D eigenvalue weighted by molar-refractivity contribution is 0.0792. The number of aliphatic hydroxyl groups is 1. The van der Waals surface area contributed by atoms with Crippen LogP contribution in [0.25, 0.3) is 0 Å². The molecule has 0 saturated heterocycles. The van der Waals surface area contributed by atoms with Crippen LogP contribution in [0.15, 0.2) is 24.3 Å². The summed E-state index contributed by atoms with van der Waals surface area (Å²) < 4.78 is 0. The number of hydrogen-bond acceptors (Lipinski definition) is 2. The van der Waals surface area contributed by atoms with Crippen molar-refractivity contribution in [2.24, 2.45) is 0 Å². The van der Waals surface area contributed by atoms with Crippen molar-refractivity contribution >= 4 is 0 Å². The van der Waals surface area contributed by atoms with Crippen molar-refractivity contribution in [3.8, 4) is 0 Å². The largest absolute Gasteiger partial charge is 0.387 e. The molecule has 76 valence electrons. The minimum atomic E-state index is -0.337. The van der Waals surface area contributed by atoms with E-state index in [4.69, 9.17) is 0 Å². The number of likely N-dealkylation sites (N-methyl/N-ethyl adjacent to an activating group) is 1. The third-order valence-corrected chi connectivity index (χ3v) is 3.24. The summed E-state index contributed by atoms with van der Waals surface area (Å²) in [5.74, 6) is 0.413. The zero-order chi connectivity index (χ0) is 10.3. The summed E-state index contributed by atoms with van der Waals surface area (Å²) in [6.45, 7) is 2.18. The number of benzene rings is 1. The Kier molecular flexibility index (Phi) is 2.33. The Bertz CT molecular complexity index is 306. The molecule has 0 fully saturated rings. The molecule has 0 aromatic heterocycles. The van der Waals surface area contributed by atoms with Gasteiger partial charge >= 0.3 is 0 Å². The van der Waals surface area contributed by atoms with Crippen molar-refractivity contribution in [2.75, 3.05) is 14.1 Å². The number of hydrogen-bond donors (Lipinski definition) is 1. The first kappa shape index (κ1) is 9.69. The molecular formula is C12H17NO. The van der Waals surface area contributed by atoms with Gasteiger partial charge in [0.2, 0.25) is 0 Å². The number of rotatable bonds is 1. The molecule has 0 spiro atoms. The van der Waals surface area contributed by atoms with E-state index >= 15 is 0 Å². The summed E-state index contributed by atoms with van der Waals surface area (Å²) in [7, 11) is 4.05. The van der Waals surface area contributed by atoms with Crippen LogP contribution in [-0.2, 0) is 0 Å². The molecule has 1 aromatic carbocycles. The fraction of sp³-hybridized carbons (Fsp3) is 0.500. The van der Waals surface area contributed by atoms with E-state index in [1.165, 1.54) is 5.56 Å². The van der Waals surface area contributed by atoms with E-state index in [1.54, 1.807) is 0 Å². The van der Waals surface area contributed by atoms with Crippen molar-refractivity contribution in [1.29, 1.82) is 0 Å². The maximum atomic E-state index is 10.1. The van der Waals surface area contributed by atoms with Crippen LogP contribution in [0.1, 0.15) is 30.1 Å². The molecule has 3 unspecified atom stereocenters. The molecule has 0 heterocycles. The van der Waals surface area contributed by atoms with Gasteiger partial charge in [-0.15, -0.1) is 0 Å². The molecule has 3 atom stereocenters. The minimum absolute atomic E-state index is 0.215. The SMILES string of the molecule is CC1c2ccccc2C(O)C1N(C)C. The van der Waals surface area contributed by atoms with Crippen LogP contribution in [0, 0.1) is 0 Å². The van der Waals surface area contributed by atoms with Gasteiger partial charge in [0, 0.05) is 6.04 Å². The summed E-state index contributed by atoms with van der Waals surface area (Å²) in [6, 6.07) is 8.40. The van der Waals surface area contributed by atoms with Gasteiger partial charge in [-0.1, -0.05) is 31.2 Å². The lowest BCUT2D eigenvalue weighted by Gasteiger charge is -2.26. The van der Waals surface area contributed by atoms with Crippen LogP contribution < -0.4 is 0 Å². The van der Waals surface area contributed by atoms with Gasteiger partial charge in [-0.2, -0.15) is 0 Å². The Balaban J connectivity index is 2.43. The smallest absolute Gasteiger partial charge is 0.0953 e. The molecule has 1 aromatic rings. The van der Waals surface area contributed by atoms with E-state index in [-0.39, 0.29) is 12.1 Å². The number of fused-ring (bicyclic) bond motifs is 1. The van der Waals surface area contributed by atoms with Gasteiger partial charge in [0.25, 0.3) is 0 Å². The number of nitrogens with zero attached hydrogens (tertiary/aromatic N) is 1. The van der Waals surface area contributed by atoms with Gasteiger partial charge in [0.15, 0.2) is 0 Å². The summed E-state index contributed by atoms with van der Waals surface area (Å²) in [4.78, 5) is 2.11.